The van der Waals surface area contributed by atoms with Gasteiger partial charge in [0.2, 0.25) is 11.8 Å². The number of piperazine rings is 1. The van der Waals surface area contributed by atoms with Crippen LogP contribution in [-0.4, -0.2) is 90.8 Å². The van der Waals surface area contributed by atoms with E-state index in [1.165, 1.54) is 11.3 Å². The number of methoxy groups -OCH3 is 1. The standard InChI is InChI=1S/C24H26N4O6S/c1-3-33-23(31)27-10-8-26(9-11-27)20(29)18-16-6-7-24(34-16)13-28(21(30)19(18)24)22-25-15-12-14(32-2)4-5-17(15)35-22/h4-7,12,16,18-19H,3,8-11,13H2,1-2H3/t16?,18?,19?,24-/m0/s1. The highest BCUT2D eigenvalue weighted by Gasteiger charge is 2.67. The highest BCUT2D eigenvalue weighted by atomic mass is 32.1. The van der Waals surface area contributed by atoms with Gasteiger partial charge in [-0.3, -0.25) is 14.5 Å². The topological polar surface area (TPSA) is 102 Å². The van der Waals surface area contributed by atoms with E-state index in [2.05, 4.69) is 4.98 Å². The number of ether oxygens (including phenoxy) is 3. The van der Waals surface area contributed by atoms with E-state index < -0.39 is 23.5 Å². The monoisotopic (exact) mass is 498 g/mol. The largest absolute Gasteiger partial charge is 0.497 e. The zero-order valence-corrected chi connectivity index (χ0v) is 20.3. The Bertz CT molecular complexity index is 1240. The molecule has 3 unspecified atom stereocenters. The van der Waals surface area contributed by atoms with E-state index in [0.29, 0.717) is 50.2 Å². The zero-order chi connectivity index (χ0) is 24.3. The minimum atomic E-state index is -0.815. The molecule has 35 heavy (non-hydrogen) atoms. The van der Waals surface area contributed by atoms with Crippen molar-refractivity contribution in [1.82, 2.24) is 14.8 Å². The van der Waals surface area contributed by atoms with Gasteiger partial charge in [-0.25, -0.2) is 9.78 Å². The number of aromatic nitrogens is 1. The Morgan fingerprint density at radius 2 is 2.00 bits per heavy atom. The number of anilines is 1. The molecular formula is C24H26N4O6S. The van der Waals surface area contributed by atoms with Crippen LogP contribution >= 0.6 is 11.3 Å². The van der Waals surface area contributed by atoms with Gasteiger partial charge >= 0.3 is 6.09 Å². The molecule has 0 N–H and O–H groups in total. The van der Waals surface area contributed by atoms with Crippen LogP contribution in [0.2, 0.25) is 0 Å². The summed E-state index contributed by atoms with van der Waals surface area (Å²) in [6, 6.07) is 5.64. The van der Waals surface area contributed by atoms with Crippen LogP contribution in [0.25, 0.3) is 10.2 Å². The Morgan fingerprint density at radius 3 is 2.74 bits per heavy atom. The molecule has 10 nitrogen and oxygen atoms in total. The van der Waals surface area contributed by atoms with Crippen LogP contribution in [0.15, 0.2) is 30.4 Å². The van der Waals surface area contributed by atoms with Gasteiger partial charge in [-0.15, -0.1) is 0 Å². The second kappa shape index (κ2) is 8.20. The second-order valence-electron chi connectivity index (χ2n) is 9.17. The first-order valence-corrected chi connectivity index (χ1v) is 12.6. The summed E-state index contributed by atoms with van der Waals surface area (Å²) in [6.45, 7) is 4.04. The Hall–Kier alpha value is -3.18. The van der Waals surface area contributed by atoms with E-state index >= 15 is 0 Å². The molecule has 184 valence electrons. The third-order valence-corrected chi connectivity index (χ3v) is 8.38. The van der Waals surface area contributed by atoms with Crippen LogP contribution in [0.5, 0.6) is 5.75 Å². The minimum absolute atomic E-state index is 0.0982. The van der Waals surface area contributed by atoms with Gasteiger partial charge in [-0.2, -0.15) is 0 Å². The third-order valence-electron chi connectivity index (χ3n) is 7.32. The molecule has 3 saturated heterocycles. The number of fused-ring (bicyclic) bond motifs is 2. The predicted molar refractivity (Wildman–Crippen MR) is 127 cm³/mol. The van der Waals surface area contributed by atoms with E-state index in [1.807, 2.05) is 30.4 Å². The lowest BCUT2D eigenvalue weighted by molar-refractivity contribution is -0.141. The fourth-order valence-electron chi connectivity index (χ4n) is 5.61. The van der Waals surface area contributed by atoms with Crippen LogP contribution in [0.3, 0.4) is 0 Å². The molecular weight excluding hydrogens is 472 g/mol. The fraction of sp³-hybridized carbons (Fsp3) is 0.500. The normalized spacial score (nSPS) is 29.3. The molecule has 4 aliphatic heterocycles. The molecule has 1 aromatic heterocycles. The van der Waals surface area contributed by atoms with Gasteiger partial charge in [0.1, 0.15) is 11.4 Å². The summed E-state index contributed by atoms with van der Waals surface area (Å²) in [7, 11) is 1.60. The lowest BCUT2D eigenvalue weighted by Crippen LogP contribution is -2.54. The van der Waals surface area contributed by atoms with E-state index in [9.17, 15) is 14.4 Å². The van der Waals surface area contributed by atoms with Gasteiger partial charge in [0.15, 0.2) is 5.13 Å². The Labute approximate surface area is 206 Å². The SMILES string of the molecule is CCOC(=O)N1CCN(C(=O)C2C3C=C[C@@]4(CN(c5nc6cc(OC)ccc6s5)C(=O)C24)O3)CC1. The molecule has 11 heteroatoms. The number of rotatable bonds is 4. The zero-order valence-electron chi connectivity index (χ0n) is 19.5. The maximum absolute atomic E-state index is 13.7. The number of benzene rings is 1. The highest BCUT2D eigenvalue weighted by molar-refractivity contribution is 7.22. The molecule has 1 spiro atoms. The molecule has 0 saturated carbocycles. The lowest BCUT2D eigenvalue weighted by atomic mass is 9.76. The smallest absolute Gasteiger partial charge is 0.409 e. The van der Waals surface area contributed by atoms with Crippen molar-refractivity contribution in [2.24, 2.45) is 11.8 Å². The molecule has 3 fully saturated rings. The van der Waals surface area contributed by atoms with Gasteiger partial charge in [0, 0.05) is 32.2 Å². The Morgan fingerprint density at radius 1 is 1.23 bits per heavy atom. The van der Waals surface area contributed by atoms with Gasteiger partial charge < -0.3 is 24.0 Å². The highest BCUT2D eigenvalue weighted by Crippen LogP contribution is 2.53. The number of hydrogen-bond acceptors (Lipinski definition) is 8. The van der Waals surface area contributed by atoms with E-state index in [4.69, 9.17) is 14.2 Å². The molecule has 6 rings (SSSR count). The van der Waals surface area contributed by atoms with Crippen molar-refractivity contribution < 1.29 is 28.6 Å². The van der Waals surface area contributed by atoms with Gasteiger partial charge in [0.05, 0.1) is 48.4 Å². The number of carbonyl (C=O) groups excluding carboxylic acids is 3. The predicted octanol–water partition coefficient (Wildman–Crippen LogP) is 1.89. The molecule has 2 aromatic rings. The van der Waals surface area contributed by atoms with Crippen LogP contribution in [0.4, 0.5) is 9.93 Å². The summed E-state index contributed by atoms with van der Waals surface area (Å²) in [5.41, 5.74) is -0.0516. The van der Waals surface area contributed by atoms with Crippen LogP contribution < -0.4 is 9.64 Å². The summed E-state index contributed by atoms with van der Waals surface area (Å²) in [5.74, 6) is -0.697. The molecule has 4 aliphatic rings. The Balaban J connectivity index is 1.22. The first kappa shape index (κ1) is 22.3. The molecule has 2 bridgehead atoms. The molecule has 1 aromatic carbocycles. The number of amides is 3. The van der Waals surface area contributed by atoms with E-state index in [0.717, 1.165) is 10.2 Å². The van der Waals surface area contributed by atoms with Crippen molar-refractivity contribution >= 4 is 44.6 Å². The maximum Gasteiger partial charge on any atom is 0.409 e. The lowest BCUT2D eigenvalue weighted by Gasteiger charge is -2.36. The van der Waals surface area contributed by atoms with E-state index in [1.54, 1.807) is 28.7 Å². The molecule has 3 amide bonds. The van der Waals surface area contributed by atoms with Gasteiger partial charge in [0.25, 0.3) is 0 Å². The fourth-order valence-corrected chi connectivity index (χ4v) is 6.57. The Kier molecular flexibility index (Phi) is 5.22. The first-order chi connectivity index (χ1) is 16.9. The number of thiazole rings is 1. The second-order valence-corrected chi connectivity index (χ2v) is 10.2. The molecule has 4 atom stereocenters. The first-order valence-electron chi connectivity index (χ1n) is 11.8. The van der Waals surface area contributed by atoms with Crippen molar-refractivity contribution in [3.63, 3.8) is 0 Å². The summed E-state index contributed by atoms with van der Waals surface area (Å²) in [4.78, 5) is 49.0. The van der Waals surface area contributed by atoms with E-state index in [-0.39, 0.29) is 17.9 Å². The quantitative estimate of drug-likeness (QED) is 0.594. The van der Waals surface area contributed by atoms with Crippen molar-refractivity contribution in [3.05, 3.63) is 30.4 Å². The number of nitrogens with zero attached hydrogens (tertiary/aromatic N) is 4. The van der Waals surface area contributed by atoms with Gasteiger partial charge in [-0.1, -0.05) is 23.5 Å². The number of hydrogen-bond donors (Lipinski definition) is 0. The third kappa shape index (κ3) is 3.40. The average molecular weight is 499 g/mol. The van der Waals surface area contributed by atoms with Crippen LogP contribution in [0, 0.1) is 11.8 Å². The van der Waals surface area contributed by atoms with Crippen LogP contribution in [-0.2, 0) is 19.1 Å². The summed E-state index contributed by atoms with van der Waals surface area (Å²) >= 11 is 1.44. The maximum atomic E-state index is 13.7. The van der Waals surface area contributed by atoms with Crippen molar-refractivity contribution in [1.29, 1.82) is 0 Å². The summed E-state index contributed by atoms with van der Waals surface area (Å²) in [5, 5.41) is 0.594. The van der Waals surface area contributed by atoms with Crippen molar-refractivity contribution in [2.45, 2.75) is 18.6 Å². The minimum Gasteiger partial charge on any atom is -0.497 e. The average Bonchev–Trinajstić information content (AvgIpc) is 3.62. The molecule has 5 heterocycles. The molecule has 0 radical (unpaired) electrons. The van der Waals surface area contributed by atoms with Crippen LogP contribution in [0.1, 0.15) is 6.92 Å². The summed E-state index contributed by atoms with van der Waals surface area (Å²) < 4.78 is 17.6. The van der Waals surface area contributed by atoms with Crippen molar-refractivity contribution in [2.75, 3.05) is 51.3 Å². The van der Waals surface area contributed by atoms with Gasteiger partial charge in [-0.05, 0) is 19.1 Å². The van der Waals surface area contributed by atoms with Crippen molar-refractivity contribution in [3.8, 4) is 5.75 Å². The molecule has 0 aliphatic carbocycles. The summed E-state index contributed by atoms with van der Waals surface area (Å²) in [6.07, 6.45) is 3.08. The number of carbonyl (C=O) groups is 3.